The van der Waals surface area contributed by atoms with Gasteiger partial charge in [0.1, 0.15) is 22.5 Å². The highest BCUT2D eigenvalue weighted by molar-refractivity contribution is 7.11. The largest absolute Gasteiger partial charge is 0.485 e. The highest BCUT2D eigenvalue weighted by atomic mass is 35.5. The van der Waals surface area contributed by atoms with Gasteiger partial charge in [-0.1, -0.05) is 11.6 Å². The van der Waals surface area contributed by atoms with Crippen LogP contribution in [0, 0.1) is 13.8 Å². The van der Waals surface area contributed by atoms with Gasteiger partial charge >= 0.3 is 0 Å². The van der Waals surface area contributed by atoms with Crippen molar-refractivity contribution in [3.05, 3.63) is 39.1 Å². The zero-order valence-corrected chi connectivity index (χ0v) is 10.6. The molecule has 84 valence electrons. The zero-order chi connectivity index (χ0) is 11.5. The molecule has 0 aliphatic rings. The first-order chi connectivity index (χ1) is 7.65. The molecular weight excluding hydrogens is 244 g/mol. The molecule has 0 spiro atoms. The molecule has 0 unspecified atom stereocenters. The third kappa shape index (κ3) is 2.71. The summed E-state index contributed by atoms with van der Waals surface area (Å²) in [6.45, 7) is 4.53. The number of aromatic nitrogens is 2. The number of pyridine rings is 1. The molecule has 0 aliphatic heterocycles. The summed E-state index contributed by atoms with van der Waals surface area (Å²) in [7, 11) is 0. The lowest BCUT2D eigenvalue weighted by atomic mass is 10.4. The van der Waals surface area contributed by atoms with Crippen molar-refractivity contribution in [2.45, 2.75) is 20.5 Å². The highest BCUT2D eigenvalue weighted by Gasteiger charge is 2.04. The monoisotopic (exact) mass is 254 g/mol. The van der Waals surface area contributed by atoms with Gasteiger partial charge in [0.2, 0.25) is 0 Å². The minimum Gasteiger partial charge on any atom is -0.485 e. The molecule has 0 saturated carbocycles. The molecule has 16 heavy (non-hydrogen) atoms. The molecule has 2 aromatic heterocycles. The number of thiazole rings is 1. The van der Waals surface area contributed by atoms with Crippen molar-refractivity contribution in [2.75, 3.05) is 0 Å². The quantitative estimate of drug-likeness (QED) is 0.788. The number of rotatable bonds is 3. The Bertz CT molecular complexity index is 462. The second-order valence-corrected chi connectivity index (χ2v) is 5.03. The van der Waals surface area contributed by atoms with E-state index >= 15 is 0 Å². The van der Waals surface area contributed by atoms with Crippen molar-refractivity contribution in [3.8, 4) is 5.75 Å². The van der Waals surface area contributed by atoms with Crippen LogP contribution in [0.5, 0.6) is 5.75 Å². The molecule has 2 rings (SSSR count). The summed E-state index contributed by atoms with van der Waals surface area (Å²) in [6.07, 6.45) is 1.61. The zero-order valence-electron chi connectivity index (χ0n) is 9.03. The molecule has 0 amide bonds. The smallest absolute Gasteiger partial charge is 0.140 e. The van der Waals surface area contributed by atoms with Crippen LogP contribution < -0.4 is 4.74 Å². The molecule has 0 radical (unpaired) electrons. The Labute approximate surface area is 103 Å². The summed E-state index contributed by atoms with van der Waals surface area (Å²) in [6, 6.07) is 3.50. The van der Waals surface area contributed by atoms with Crippen LogP contribution in [-0.2, 0) is 6.61 Å². The minimum absolute atomic E-state index is 0.466. The highest BCUT2D eigenvalue weighted by Crippen LogP contribution is 2.19. The maximum Gasteiger partial charge on any atom is 0.140 e. The van der Waals surface area contributed by atoms with E-state index in [9.17, 15) is 0 Å². The molecule has 2 heterocycles. The molecule has 3 nitrogen and oxygen atoms in total. The molecule has 0 N–H and O–H groups in total. The van der Waals surface area contributed by atoms with Crippen LogP contribution in [0.3, 0.4) is 0 Å². The maximum absolute atomic E-state index is 5.68. The second kappa shape index (κ2) is 4.80. The number of nitrogens with zero attached hydrogens (tertiary/aromatic N) is 2. The topological polar surface area (TPSA) is 35.0 Å². The van der Waals surface area contributed by atoms with Crippen LogP contribution >= 0.6 is 22.9 Å². The molecule has 0 aromatic carbocycles. The van der Waals surface area contributed by atoms with Gasteiger partial charge in [0.05, 0.1) is 11.9 Å². The van der Waals surface area contributed by atoms with E-state index in [-0.39, 0.29) is 0 Å². The number of ether oxygens (including phenoxy) is 1. The van der Waals surface area contributed by atoms with Crippen LogP contribution in [0.4, 0.5) is 0 Å². The standard InChI is InChI=1S/C11H11ClN2OS/c1-7-8(2)16-11(14-7)6-15-9-3-4-10(12)13-5-9/h3-5H,6H2,1-2H3. The normalized spacial score (nSPS) is 10.4. The average Bonchev–Trinajstić information content (AvgIpc) is 2.58. The summed E-state index contributed by atoms with van der Waals surface area (Å²) < 4.78 is 5.54. The van der Waals surface area contributed by atoms with E-state index < -0.39 is 0 Å². The van der Waals surface area contributed by atoms with E-state index in [1.54, 1.807) is 29.7 Å². The Balaban J connectivity index is 1.99. The van der Waals surface area contributed by atoms with Gasteiger partial charge in [-0.25, -0.2) is 9.97 Å². The lowest BCUT2D eigenvalue weighted by Gasteiger charge is -2.02. The van der Waals surface area contributed by atoms with Crippen LogP contribution in [0.1, 0.15) is 15.6 Å². The van der Waals surface area contributed by atoms with Gasteiger partial charge in [0.15, 0.2) is 0 Å². The molecule has 0 atom stereocenters. The van der Waals surface area contributed by atoms with Gasteiger partial charge in [0, 0.05) is 4.88 Å². The van der Waals surface area contributed by atoms with E-state index in [0.29, 0.717) is 17.5 Å². The van der Waals surface area contributed by atoms with Crippen LogP contribution in [-0.4, -0.2) is 9.97 Å². The van der Waals surface area contributed by atoms with Gasteiger partial charge in [-0.3, -0.25) is 0 Å². The average molecular weight is 255 g/mol. The predicted octanol–water partition coefficient (Wildman–Crippen LogP) is 3.39. The number of halogens is 1. The van der Waals surface area contributed by atoms with E-state index in [1.165, 1.54) is 4.88 Å². The first-order valence-electron chi connectivity index (χ1n) is 4.82. The molecule has 0 aliphatic carbocycles. The molecular formula is C11H11ClN2OS. The van der Waals surface area contributed by atoms with Gasteiger partial charge in [0.25, 0.3) is 0 Å². The van der Waals surface area contributed by atoms with Gasteiger partial charge in [-0.2, -0.15) is 0 Å². The molecule has 0 fully saturated rings. The van der Waals surface area contributed by atoms with Crippen LogP contribution in [0.15, 0.2) is 18.3 Å². The van der Waals surface area contributed by atoms with Gasteiger partial charge < -0.3 is 4.74 Å². The van der Waals surface area contributed by atoms with Crippen molar-refractivity contribution in [1.29, 1.82) is 0 Å². The Kier molecular flexibility index (Phi) is 3.41. The number of hydrogen-bond donors (Lipinski definition) is 0. The summed E-state index contributed by atoms with van der Waals surface area (Å²) in [5.41, 5.74) is 1.07. The molecule has 0 bridgehead atoms. The van der Waals surface area contributed by atoms with Crippen LogP contribution in [0.2, 0.25) is 5.15 Å². The molecule has 5 heteroatoms. The fourth-order valence-electron chi connectivity index (χ4n) is 1.19. The summed E-state index contributed by atoms with van der Waals surface area (Å²) in [5.74, 6) is 0.704. The SMILES string of the molecule is Cc1nc(COc2ccc(Cl)nc2)sc1C. The Morgan fingerprint density at radius 2 is 2.19 bits per heavy atom. The Morgan fingerprint density at radius 1 is 1.38 bits per heavy atom. The number of aryl methyl sites for hydroxylation is 2. The third-order valence-corrected chi connectivity index (χ3v) is 3.41. The van der Waals surface area contributed by atoms with Crippen molar-refractivity contribution in [1.82, 2.24) is 9.97 Å². The Hall–Kier alpha value is -1.13. The summed E-state index contributed by atoms with van der Waals surface area (Å²) >= 11 is 7.33. The van der Waals surface area contributed by atoms with E-state index in [2.05, 4.69) is 16.9 Å². The fourth-order valence-corrected chi connectivity index (χ4v) is 2.15. The lowest BCUT2D eigenvalue weighted by Crippen LogP contribution is -1.95. The van der Waals surface area contributed by atoms with Crippen molar-refractivity contribution < 1.29 is 4.74 Å². The second-order valence-electron chi connectivity index (χ2n) is 3.35. The summed E-state index contributed by atoms with van der Waals surface area (Å²) in [5, 5.41) is 1.44. The van der Waals surface area contributed by atoms with Gasteiger partial charge in [-0.05, 0) is 26.0 Å². The van der Waals surface area contributed by atoms with Crippen molar-refractivity contribution in [2.24, 2.45) is 0 Å². The lowest BCUT2D eigenvalue weighted by molar-refractivity contribution is 0.304. The van der Waals surface area contributed by atoms with Crippen molar-refractivity contribution >= 4 is 22.9 Å². The van der Waals surface area contributed by atoms with E-state index in [4.69, 9.17) is 16.3 Å². The van der Waals surface area contributed by atoms with E-state index in [1.807, 2.05) is 6.92 Å². The fraction of sp³-hybridized carbons (Fsp3) is 0.273. The Morgan fingerprint density at radius 3 is 2.75 bits per heavy atom. The van der Waals surface area contributed by atoms with E-state index in [0.717, 1.165) is 10.7 Å². The first kappa shape index (κ1) is 11.4. The molecule has 0 saturated heterocycles. The van der Waals surface area contributed by atoms with Crippen molar-refractivity contribution in [3.63, 3.8) is 0 Å². The third-order valence-electron chi connectivity index (χ3n) is 2.14. The maximum atomic E-state index is 5.68. The minimum atomic E-state index is 0.466. The molecule has 2 aromatic rings. The summed E-state index contributed by atoms with van der Waals surface area (Å²) in [4.78, 5) is 9.56. The van der Waals surface area contributed by atoms with Gasteiger partial charge in [-0.15, -0.1) is 11.3 Å². The van der Waals surface area contributed by atoms with Crippen LogP contribution in [0.25, 0.3) is 0 Å². The predicted molar refractivity (Wildman–Crippen MR) is 65.2 cm³/mol. The number of hydrogen-bond acceptors (Lipinski definition) is 4. The first-order valence-corrected chi connectivity index (χ1v) is 6.02.